The van der Waals surface area contributed by atoms with Gasteiger partial charge in [0.05, 0.1) is 0 Å². The molecule has 3 heteroatoms. The van der Waals surface area contributed by atoms with E-state index in [1.54, 1.807) is 6.92 Å². The van der Waals surface area contributed by atoms with Crippen molar-refractivity contribution in [3.8, 4) is 0 Å². The van der Waals surface area contributed by atoms with Crippen LogP contribution in [-0.2, 0) is 9.59 Å². The van der Waals surface area contributed by atoms with Gasteiger partial charge in [0, 0.05) is 34.9 Å². The highest BCUT2D eigenvalue weighted by molar-refractivity contribution is 6.05. The minimum atomic E-state index is -0.242. The number of ketones is 2. The number of allylic oxidation sites excluding steroid dienone is 4. The zero-order valence-electron chi connectivity index (χ0n) is 14.2. The standard InChI is InChI=1S/C20H23NO2/c1-12-17(13(2)22)18(14-8-6-5-7-9-14)19-15(21-12)10-20(3,4)11-16(19)23/h5-9,18,21H,10-11H2,1-4H3/t18-/m1/s1. The number of carbonyl (C=O) groups is 2. The van der Waals surface area contributed by atoms with Gasteiger partial charge in [-0.2, -0.15) is 0 Å². The average Bonchev–Trinajstić information content (AvgIpc) is 2.44. The monoisotopic (exact) mass is 309 g/mol. The van der Waals surface area contributed by atoms with Gasteiger partial charge in [-0.25, -0.2) is 0 Å². The summed E-state index contributed by atoms with van der Waals surface area (Å²) in [6.45, 7) is 7.75. The summed E-state index contributed by atoms with van der Waals surface area (Å²) in [5, 5.41) is 3.35. The normalized spacial score (nSPS) is 23.5. The number of hydrogen-bond donors (Lipinski definition) is 1. The summed E-state index contributed by atoms with van der Waals surface area (Å²) < 4.78 is 0. The van der Waals surface area contributed by atoms with Crippen molar-refractivity contribution in [3.63, 3.8) is 0 Å². The summed E-state index contributed by atoms with van der Waals surface area (Å²) in [7, 11) is 0. The molecule has 0 saturated carbocycles. The topological polar surface area (TPSA) is 46.2 Å². The van der Waals surface area contributed by atoms with Gasteiger partial charge in [0.25, 0.3) is 0 Å². The van der Waals surface area contributed by atoms with Gasteiger partial charge in [-0.15, -0.1) is 0 Å². The molecule has 1 aliphatic heterocycles. The van der Waals surface area contributed by atoms with Gasteiger partial charge < -0.3 is 5.32 Å². The molecule has 0 radical (unpaired) electrons. The Morgan fingerprint density at radius 2 is 1.83 bits per heavy atom. The fourth-order valence-corrected chi connectivity index (χ4v) is 3.88. The Bertz CT molecular complexity index is 738. The van der Waals surface area contributed by atoms with Crippen molar-refractivity contribution in [2.45, 2.75) is 46.5 Å². The number of nitrogens with one attached hydrogen (secondary N) is 1. The van der Waals surface area contributed by atoms with Crippen LogP contribution in [0.3, 0.4) is 0 Å². The molecule has 0 spiro atoms. The predicted molar refractivity (Wildman–Crippen MR) is 90.7 cm³/mol. The molecule has 3 rings (SSSR count). The SMILES string of the molecule is CC(=O)C1=C(C)NC2=C(C(=O)CC(C)(C)C2)[C@@H]1c1ccccc1. The maximum absolute atomic E-state index is 12.9. The Morgan fingerprint density at radius 1 is 1.17 bits per heavy atom. The maximum Gasteiger partial charge on any atom is 0.162 e. The van der Waals surface area contributed by atoms with E-state index in [4.69, 9.17) is 0 Å². The van der Waals surface area contributed by atoms with Crippen molar-refractivity contribution in [2.24, 2.45) is 5.41 Å². The van der Waals surface area contributed by atoms with E-state index >= 15 is 0 Å². The lowest BCUT2D eigenvalue weighted by Gasteiger charge is -2.39. The van der Waals surface area contributed by atoms with Crippen LogP contribution in [0.1, 0.15) is 52.0 Å². The maximum atomic E-state index is 12.9. The fraction of sp³-hybridized carbons (Fsp3) is 0.400. The number of benzene rings is 1. The molecule has 3 nitrogen and oxygen atoms in total. The van der Waals surface area contributed by atoms with Crippen molar-refractivity contribution in [2.75, 3.05) is 0 Å². The molecular weight excluding hydrogens is 286 g/mol. The quantitative estimate of drug-likeness (QED) is 0.902. The first-order chi connectivity index (χ1) is 10.8. The zero-order chi connectivity index (χ0) is 16.8. The molecule has 0 saturated heterocycles. The molecular formula is C20H23NO2. The van der Waals surface area contributed by atoms with Crippen molar-refractivity contribution < 1.29 is 9.59 Å². The van der Waals surface area contributed by atoms with Crippen LogP contribution in [0.15, 0.2) is 52.9 Å². The van der Waals surface area contributed by atoms with Gasteiger partial charge in [-0.3, -0.25) is 9.59 Å². The lowest BCUT2D eigenvalue weighted by Crippen LogP contribution is -2.38. The molecule has 0 fully saturated rings. The molecule has 23 heavy (non-hydrogen) atoms. The summed E-state index contributed by atoms with van der Waals surface area (Å²) in [6, 6.07) is 9.88. The summed E-state index contributed by atoms with van der Waals surface area (Å²) in [4.78, 5) is 25.1. The van der Waals surface area contributed by atoms with E-state index in [1.165, 1.54) is 0 Å². The molecule has 1 atom stereocenters. The Morgan fingerprint density at radius 3 is 2.43 bits per heavy atom. The van der Waals surface area contributed by atoms with Crippen LogP contribution in [0.4, 0.5) is 0 Å². The lowest BCUT2D eigenvalue weighted by atomic mass is 9.68. The van der Waals surface area contributed by atoms with E-state index in [0.29, 0.717) is 12.0 Å². The molecule has 1 heterocycles. The summed E-state index contributed by atoms with van der Waals surface area (Å²) in [5.41, 5.74) is 4.32. The van der Waals surface area contributed by atoms with Gasteiger partial charge in [0.15, 0.2) is 11.6 Å². The molecule has 1 N–H and O–H groups in total. The third kappa shape index (κ3) is 2.76. The van der Waals surface area contributed by atoms with Crippen LogP contribution in [0, 0.1) is 5.41 Å². The van der Waals surface area contributed by atoms with Gasteiger partial charge in [-0.05, 0) is 31.2 Å². The first kappa shape index (κ1) is 15.7. The Balaban J connectivity index is 2.20. The second-order valence-electron chi connectivity index (χ2n) is 7.40. The van der Waals surface area contributed by atoms with Gasteiger partial charge in [0.1, 0.15) is 0 Å². The number of dihydropyridines is 1. The number of carbonyl (C=O) groups excluding carboxylic acids is 2. The van der Waals surface area contributed by atoms with Crippen molar-refractivity contribution in [1.82, 2.24) is 5.32 Å². The second kappa shape index (κ2) is 5.48. The number of hydrogen-bond acceptors (Lipinski definition) is 3. The van der Waals surface area contributed by atoms with Gasteiger partial charge >= 0.3 is 0 Å². The highest BCUT2D eigenvalue weighted by Crippen LogP contribution is 2.46. The molecule has 0 amide bonds. The van der Waals surface area contributed by atoms with Crippen LogP contribution >= 0.6 is 0 Å². The molecule has 0 bridgehead atoms. The van der Waals surface area contributed by atoms with E-state index in [1.807, 2.05) is 37.3 Å². The highest BCUT2D eigenvalue weighted by Gasteiger charge is 2.41. The molecule has 0 unspecified atom stereocenters. The summed E-state index contributed by atoms with van der Waals surface area (Å²) in [5.74, 6) is -0.0644. The van der Waals surface area contributed by atoms with Crippen LogP contribution in [-0.4, -0.2) is 11.6 Å². The first-order valence-corrected chi connectivity index (χ1v) is 8.10. The van der Waals surface area contributed by atoms with E-state index in [-0.39, 0.29) is 22.9 Å². The lowest BCUT2D eigenvalue weighted by molar-refractivity contribution is -0.118. The summed E-state index contributed by atoms with van der Waals surface area (Å²) in [6.07, 6.45) is 1.36. The average molecular weight is 309 g/mol. The third-order valence-corrected chi connectivity index (χ3v) is 4.75. The van der Waals surface area contributed by atoms with E-state index < -0.39 is 0 Å². The van der Waals surface area contributed by atoms with Crippen LogP contribution in [0.25, 0.3) is 0 Å². The van der Waals surface area contributed by atoms with Crippen LogP contribution in [0.2, 0.25) is 0 Å². The minimum Gasteiger partial charge on any atom is -0.362 e. The third-order valence-electron chi connectivity index (χ3n) is 4.75. The van der Waals surface area contributed by atoms with Crippen LogP contribution in [0.5, 0.6) is 0 Å². The Labute approximate surface area is 137 Å². The molecule has 1 aromatic carbocycles. The van der Waals surface area contributed by atoms with E-state index in [2.05, 4.69) is 19.2 Å². The molecule has 1 aliphatic carbocycles. The Hall–Kier alpha value is -2.16. The highest BCUT2D eigenvalue weighted by atomic mass is 16.1. The summed E-state index contributed by atoms with van der Waals surface area (Å²) >= 11 is 0. The van der Waals surface area contributed by atoms with Crippen molar-refractivity contribution in [3.05, 3.63) is 58.4 Å². The Kier molecular flexibility index (Phi) is 3.75. The zero-order valence-corrected chi connectivity index (χ0v) is 14.2. The van der Waals surface area contributed by atoms with Crippen molar-refractivity contribution >= 4 is 11.6 Å². The second-order valence-corrected chi connectivity index (χ2v) is 7.40. The predicted octanol–water partition coefficient (Wildman–Crippen LogP) is 3.88. The number of Topliss-reactive ketones (excluding diaryl/α,β-unsaturated/α-hetero) is 2. The molecule has 1 aromatic rings. The minimum absolute atomic E-state index is 0.0213. The molecule has 2 aliphatic rings. The molecule has 120 valence electrons. The first-order valence-electron chi connectivity index (χ1n) is 8.10. The van der Waals surface area contributed by atoms with Crippen molar-refractivity contribution in [1.29, 1.82) is 0 Å². The van der Waals surface area contributed by atoms with E-state index in [9.17, 15) is 9.59 Å². The largest absolute Gasteiger partial charge is 0.362 e. The van der Waals surface area contributed by atoms with Gasteiger partial charge in [-0.1, -0.05) is 44.2 Å². The fourth-order valence-electron chi connectivity index (χ4n) is 3.88. The van der Waals surface area contributed by atoms with Crippen LogP contribution < -0.4 is 5.32 Å². The number of rotatable bonds is 2. The van der Waals surface area contributed by atoms with Gasteiger partial charge in [0.2, 0.25) is 0 Å². The smallest absolute Gasteiger partial charge is 0.162 e. The molecule has 0 aromatic heterocycles. The van der Waals surface area contributed by atoms with E-state index in [0.717, 1.165) is 29.0 Å².